The Bertz CT molecular complexity index is 1510. The number of aromatic nitrogens is 1. The van der Waals surface area contributed by atoms with Gasteiger partial charge in [0.2, 0.25) is 0 Å². The van der Waals surface area contributed by atoms with Gasteiger partial charge in [-0.25, -0.2) is 0 Å². The normalized spacial score (nSPS) is 11.1. The van der Waals surface area contributed by atoms with Gasteiger partial charge in [0.1, 0.15) is 5.02 Å². The number of nitro benzene ring substituents is 1. The number of halogens is 1. The molecule has 6 heteroatoms. The zero-order valence-corrected chi connectivity index (χ0v) is 19.3. The lowest BCUT2D eigenvalue weighted by Crippen LogP contribution is -2.00. The molecule has 0 saturated carbocycles. The second kappa shape index (κ2) is 9.79. The van der Waals surface area contributed by atoms with E-state index in [9.17, 15) is 10.1 Å². The van der Waals surface area contributed by atoms with Crippen LogP contribution in [0.3, 0.4) is 0 Å². The van der Waals surface area contributed by atoms with Gasteiger partial charge in [-0.1, -0.05) is 90.5 Å². The second-order valence-corrected chi connectivity index (χ2v) is 8.29. The van der Waals surface area contributed by atoms with Crippen molar-refractivity contribution in [2.45, 2.75) is 0 Å². The lowest BCUT2D eigenvalue weighted by Gasteiger charge is -2.15. The first-order valence-corrected chi connectivity index (χ1v) is 11.4. The second-order valence-electron chi connectivity index (χ2n) is 7.89. The minimum Gasteiger partial charge on any atom is -0.309 e. The van der Waals surface area contributed by atoms with E-state index in [1.807, 2.05) is 54.6 Å². The van der Waals surface area contributed by atoms with Crippen LogP contribution in [-0.4, -0.2) is 15.7 Å². The van der Waals surface area contributed by atoms with Gasteiger partial charge in [0.05, 0.1) is 22.0 Å². The molecule has 0 aliphatic heterocycles. The maximum absolute atomic E-state index is 11.3. The largest absolute Gasteiger partial charge is 0.309 e. The van der Waals surface area contributed by atoms with Crippen molar-refractivity contribution in [3.05, 3.63) is 136 Å². The van der Waals surface area contributed by atoms with Crippen molar-refractivity contribution in [1.29, 1.82) is 0 Å². The molecule has 0 spiro atoms. The molecule has 0 saturated heterocycles. The van der Waals surface area contributed by atoms with Gasteiger partial charge in [-0.15, -0.1) is 0 Å². The SMILES string of the molecule is O=[N+]([O-])c1cc(N=Cc2cc(-c3ccccc3)n(-c3ccccc3)c2-c2ccccc2)ccc1Cl. The van der Waals surface area contributed by atoms with Crippen LogP contribution in [0.25, 0.3) is 28.2 Å². The number of rotatable bonds is 6. The third kappa shape index (κ3) is 4.63. The molecule has 0 N–H and O–H groups in total. The van der Waals surface area contributed by atoms with Crippen LogP contribution in [0.4, 0.5) is 11.4 Å². The number of hydrogen-bond donors (Lipinski definition) is 0. The molecule has 4 aromatic carbocycles. The zero-order valence-electron chi connectivity index (χ0n) is 18.6. The van der Waals surface area contributed by atoms with Crippen molar-refractivity contribution in [2.24, 2.45) is 4.99 Å². The number of para-hydroxylation sites is 1. The topological polar surface area (TPSA) is 60.4 Å². The monoisotopic (exact) mass is 477 g/mol. The molecule has 0 atom stereocenters. The third-order valence-electron chi connectivity index (χ3n) is 5.64. The summed E-state index contributed by atoms with van der Waals surface area (Å²) < 4.78 is 2.22. The quantitative estimate of drug-likeness (QED) is 0.141. The van der Waals surface area contributed by atoms with Crippen molar-refractivity contribution >= 4 is 29.2 Å². The third-order valence-corrected chi connectivity index (χ3v) is 5.96. The molecule has 5 aromatic rings. The maximum atomic E-state index is 11.3. The summed E-state index contributed by atoms with van der Waals surface area (Å²) in [4.78, 5) is 15.4. The molecular weight excluding hydrogens is 458 g/mol. The summed E-state index contributed by atoms with van der Waals surface area (Å²) in [6.07, 6.45) is 1.75. The van der Waals surface area contributed by atoms with E-state index in [-0.39, 0.29) is 10.7 Å². The van der Waals surface area contributed by atoms with Crippen molar-refractivity contribution in [1.82, 2.24) is 4.57 Å². The maximum Gasteiger partial charge on any atom is 0.290 e. The van der Waals surface area contributed by atoms with Gasteiger partial charge in [0.15, 0.2) is 0 Å². The van der Waals surface area contributed by atoms with Crippen molar-refractivity contribution in [2.75, 3.05) is 0 Å². The number of nitro groups is 1. The van der Waals surface area contributed by atoms with Gasteiger partial charge in [0.25, 0.3) is 5.69 Å². The molecule has 0 aliphatic rings. The van der Waals surface area contributed by atoms with Crippen LogP contribution in [0.2, 0.25) is 5.02 Å². The smallest absolute Gasteiger partial charge is 0.290 e. The van der Waals surface area contributed by atoms with Crippen molar-refractivity contribution in [3.63, 3.8) is 0 Å². The lowest BCUT2D eigenvalue weighted by molar-refractivity contribution is -0.384. The van der Waals surface area contributed by atoms with Gasteiger partial charge in [-0.3, -0.25) is 15.1 Å². The van der Waals surface area contributed by atoms with E-state index in [0.717, 1.165) is 33.8 Å². The Morgan fingerprint density at radius 3 is 2.00 bits per heavy atom. The number of aliphatic imine (C=N–C) groups is 1. The predicted octanol–water partition coefficient (Wildman–Crippen LogP) is 8.12. The summed E-state index contributed by atoms with van der Waals surface area (Å²) in [5.41, 5.74) is 6.27. The first-order valence-electron chi connectivity index (χ1n) is 11.0. The van der Waals surface area contributed by atoms with Crippen LogP contribution in [0.1, 0.15) is 5.56 Å². The van der Waals surface area contributed by atoms with Crippen molar-refractivity contribution in [3.8, 4) is 28.2 Å². The Labute approximate surface area is 207 Å². The summed E-state index contributed by atoms with van der Waals surface area (Å²) in [5.74, 6) is 0. The van der Waals surface area contributed by atoms with Gasteiger partial charge >= 0.3 is 0 Å². The first-order chi connectivity index (χ1) is 17.1. The number of nitrogens with zero attached hydrogens (tertiary/aromatic N) is 3. The Morgan fingerprint density at radius 2 is 1.37 bits per heavy atom. The summed E-state index contributed by atoms with van der Waals surface area (Å²) in [5, 5.41) is 11.4. The molecule has 0 bridgehead atoms. The minimum atomic E-state index is -0.504. The number of benzene rings is 4. The highest BCUT2D eigenvalue weighted by atomic mass is 35.5. The van der Waals surface area contributed by atoms with Crippen LogP contribution in [0, 0.1) is 10.1 Å². The Kier molecular flexibility index (Phi) is 6.24. The highest BCUT2D eigenvalue weighted by molar-refractivity contribution is 6.32. The lowest BCUT2D eigenvalue weighted by atomic mass is 10.1. The Balaban J connectivity index is 1.74. The summed E-state index contributed by atoms with van der Waals surface area (Å²) >= 11 is 5.98. The fraction of sp³-hybridized carbons (Fsp3) is 0. The summed E-state index contributed by atoms with van der Waals surface area (Å²) in [7, 11) is 0. The van der Waals surface area contributed by atoms with Crippen LogP contribution in [0.15, 0.2) is 120 Å². The molecule has 170 valence electrons. The molecule has 1 aromatic heterocycles. The zero-order chi connectivity index (χ0) is 24.2. The van der Waals surface area contributed by atoms with Gasteiger partial charge in [-0.2, -0.15) is 0 Å². The molecule has 0 fully saturated rings. The predicted molar refractivity (Wildman–Crippen MR) is 142 cm³/mol. The van der Waals surface area contributed by atoms with Gasteiger partial charge < -0.3 is 4.57 Å². The molecule has 0 unspecified atom stereocenters. The summed E-state index contributed by atoms with van der Waals surface area (Å²) in [6.45, 7) is 0. The van der Waals surface area contributed by atoms with Crippen LogP contribution >= 0.6 is 11.6 Å². The molecule has 0 radical (unpaired) electrons. The fourth-order valence-electron chi connectivity index (χ4n) is 4.05. The number of hydrogen-bond acceptors (Lipinski definition) is 3. The highest BCUT2D eigenvalue weighted by Gasteiger charge is 2.19. The first kappa shape index (κ1) is 22.3. The Hall–Kier alpha value is -4.48. The molecule has 1 heterocycles. The molecule has 5 rings (SSSR count). The van der Waals surface area contributed by atoms with Crippen LogP contribution in [-0.2, 0) is 0 Å². The highest BCUT2D eigenvalue weighted by Crippen LogP contribution is 2.36. The van der Waals surface area contributed by atoms with E-state index in [1.165, 1.54) is 12.1 Å². The van der Waals surface area contributed by atoms with E-state index >= 15 is 0 Å². The molecule has 0 aliphatic carbocycles. The van der Waals surface area contributed by atoms with E-state index in [1.54, 1.807) is 12.3 Å². The van der Waals surface area contributed by atoms with E-state index in [0.29, 0.717) is 5.69 Å². The van der Waals surface area contributed by atoms with Gasteiger partial charge in [0, 0.05) is 23.5 Å². The van der Waals surface area contributed by atoms with E-state index < -0.39 is 4.92 Å². The Morgan fingerprint density at radius 1 is 0.771 bits per heavy atom. The van der Waals surface area contributed by atoms with Crippen LogP contribution < -0.4 is 0 Å². The van der Waals surface area contributed by atoms with E-state index in [4.69, 9.17) is 11.6 Å². The molecular formula is C29H20ClN3O2. The molecule has 5 nitrogen and oxygen atoms in total. The standard InChI is InChI=1S/C29H20ClN3O2/c30-26-17-16-24(19-28(26)33(34)35)31-20-23-18-27(21-10-4-1-5-11-21)32(25-14-8-3-9-15-25)29(23)22-12-6-2-7-13-22/h1-20H. The van der Waals surface area contributed by atoms with Crippen molar-refractivity contribution < 1.29 is 4.92 Å². The fourth-order valence-corrected chi connectivity index (χ4v) is 4.24. The minimum absolute atomic E-state index is 0.0838. The van der Waals surface area contributed by atoms with E-state index in [2.05, 4.69) is 52.0 Å². The molecule has 0 amide bonds. The van der Waals surface area contributed by atoms with Crippen LogP contribution in [0.5, 0.6) is 0 Å². The van der Waals surface area contributed by atoms with Gasteiger partial charge in [-0.05, 0) is 41.5 Å². The average molecular weight is 478 g/mol. The average Bonchev–Trinajstić information content (AvgIpc) is 3.29. The molecule has 35 heavy (non-hydrogen) atoms. The summed E-state index contributed by atoms with van der Waals surface area (Å²) in [6, 6.07) is 37.1.